The van der Waals surface area contributed by atoms with Crippen molar-refractivity contribution in [3.8, 4) is 23.0 Å². The van der Waals surface area contributed by atoms with Crippen LogP contribution < -0.4 is 24.4 Å². The van der Waals surface area contributed by atoms with E-state index in [-0.39, 0.29) is 0 Å². The molecule has 0 fully saturated rings. The van der Waals surface area contributed by atoms with E-state index in [0.717, 1.165) is 32.2 Å². The van der Waals surface area contributed by atoms with Gasteiger partial charge >= 0.3 is 0 Å². The highest BCUT2D eigenvalue weighted by Gasteiger charge is 2.14. The molecule has 0 radical (unpaired) electrons. The van der Waals surface area contributed by atoms with Gasteiger partial charge in [-0.15, -0.1) is 0 Å². The third kappa shape index (κ3) is 5.53. The van der Waals surface area contributed by atoms with E-state index in [1.165, 1.54) is 0 Å². The number of nitrogens with one attached hydrogen (secondary N) is 1. The fraction of sp³-hybridized carbons (Fsp3) is 0.200. The number of aromatic nitrogens is 1. The number of hydrogen-bond donors (Lipinski definition) is 1. The molecule has 8 heteroatoms. The van der Waals surface area contributed by atoms with Crippen molar-refractivity contribution >= 4 is 32.9 Å². The number of rotatable bonds is 10. The minimum atomic E-state index is 0.341. The van der Waals surface area contributed by atoms with E-state index in [1.807, 2.05) is 67.6 Å². The zero-order valence-electron chi connectivity index (χ0n) is 18.7. The Bertz CT molecular complexity index is 1200. The molecule has 1 heterocycles. The highest BCUT2D eigenvalue weighted by molar-refractivity contribution is 7.22. The van der Waals surface area contributed by atoms with Crippen molar-refractivity contribution in [3.05, 3.63) is 71.8 Å². The molecule has 4 aromatic rings. The largest absolute Gasteiger partial charge is 0.493 e. The number of thiazole rings is 1. The Balaban J connectivity index is 1.41. The van der Waals surface area contributed by atoms with Crippen molar-refractivity contribution in [1.82, 2.24) is 4.98 Å². The molecule has 170 valence electrons. The fourth-order valence-corrected chi connectivity index (χ4v) is 4.03. The van der Waals surface area contributed by atoms with Crippen LogP contribution in [0, 0.1) is 6.92 Å². The van der Waals surface area contributed by atoms with E-state index in [4.69, 9.17) is 18.9 Å². The first kappa shape index (κ1) is 22.4. The van der Waals surface area contributed by atoms with Crippen LogP contribution in [-0.4, -0.2) is 38.6 Å². The predicted octanol–water partition coefficient (Wildman–Crippen LogP) is 5.53. The van der Waals surface area contributed by atoms with E-state index in [1.54, 1.807) is 31.8 Å². The minimum absolute atomic E-state index is 0.341. The lowest BCUT2D eigenvalue weighted by Gasteiger charge is -2.16. The van der Waals surface area contributed by atoms with E-state index >= 15 is 0 Å². The minimum Gasteiger partial charge on any atom is -0.493 e. The van der Waals surface area contributed by atoms with E-state index in [0.29, 0.717) is 30.5 Å². The highest BCUT2D eigenvalue weighted by atomic mass is 32.1. The Hall–Kier alpha value is -3.78. The van der Waals surface area contributed by atoms with Gasteiger partial charge in [0.15, 0.2) is 11.5 Å². The molecule has 0 bridgehead atoms. The quantitative estimate of drug-likeness (QED) is 0.189. The predicted molar refractivity (Wildman–Crippen MR) is 133 cm³/mol. The molecule has 3 aromatic carbocycles. The Kier molecular flexibility index (Phi) is 7.26. The lowest BCUT2D eigenvalue weighted by atomic mass is 10.2. The van der Waals surface area contributed by atoms with Crippen LogP contribution in [0.3, 0.4) is 0 Å². The Labute approximate surface area is 196 Å². The second kappa shape index (κ2) is 10.7. The molecule has 0 amide bonds. The number of ether oxygens (including phenoxy) is 4. The normalized spacial score (nSPS) is 11.0. The van der Waals surface area contributed by atoms with Gasteiger partial charge in [-0.2, -0.15) is 5.10 Å². The van der Waals surface area contributed by atoms with Crippen LogP contribution >= 0.6 is 11.3 Å². The molecule has 0 saturated heterocycles. The van der Waals surface area contributed by atoms with Crippen molar-refractivity contribution in [1.29, 1.82) is 0 Å². The summed E-state index contributed by atoms with van der Waals surface area (Å²) in [5.41, 5.74) is 5.79. The molecule has 4 rings (SSSR count). The van der Waals surface area contributed by atoms with Crippen LogP contribution in [-0.2, 0) is 0 Å². The molecule has 0 spiro atoms. The maximum Gasteiger partial charge on any atom is 0.204 e. The first-order valence-electron chi connectivity index (χ1n) is 10.4. The number of hydrogen-bond acceptors (Lipinski definition) is 8. The number of benzene rings is 3. The highest BCUT2D eigenvalue weighted by Crippen LogP contribution is 2.38. The lowest BCUT2D eigenvalue weighted by molar-refractivity contribution is 0.204. The molecule has 33 heavy (non-hydrogen) atoms. The van der Waals surface area contributed by atoms with Gasteiger partial charge in [-0.1, -0.05) is 41.7 Å². The maximum atomic E-state index is 5.93. The average molecular weight is 464 g/mol. The molecule has 0 aliphatic rings. The van der Waals surface area contributed by atoms with Crippen LogP contribution in [0.2, 0.25) is 0 Å². The third-order valence-electron chi connectivity index (χ3n) is 4.83. The van der Waals surface area contributed by atoms with Gasteiger partial charge in [-0.3, -0.25) is 5.43 Å². The van der Waals surface area contributed by atoms with E-state index in [9.17, 15) is 0 Å². The van der Waals surface area contributed by atoms with Crippen molar-refractivity contribution < 1.29 is 18.9 Å². The van der Waals surface area contributed by atoms with E-state index < -0.39 is 0 Å². The smallest absolute Gasteiger partial charge is 0.204 e. The molecule has 7 nitrogen and oxygen atoms in total. The first-order chi connectivity index (χ1) is 16.2. The number of hydrazone groups is 1. The number of nitrogens with zero attached hydrogens (tertiary/aromatic N) is 2. The van der Waals surface area contributed by atoms with Gasteiger partial charge in [0, 0.05) is 5.56 Å². The van der Waals surface area contributed by atoms with Crippen LogP contribution in [0.15, 0.2) is 65.8 Å². The molecular weight excluding hydrogens is 438 g/mol. The van der Waals surface area contributed by atoms with Gasteiger partial charge in [0.05, 0.1) is 30.7 Å². The Morgan fingerprint density at radius 1 is 0.909 bits per heavy atom. The molecule has 1 aromatic heterocycles. The molecule has 0 aliphatic heterocycles. The summed E-state index contributed by atoms with van der Waals surface area (Å²) in [5, 5.41) is 5.03. The van der Waals surface area contributed by atoms with Gasteiger partial charge in [-0.05, 0) is 42.8 Å². The zero-order chi connectivity index (χ0) is 23.0. The molecule has 0 aliphatic carbocycles. The second-order valence-electron chi connectivity index (χ2n) is 7.07. The average Bonchev–Trinajstić information content (AvgIpc) is 3.25. The monoisotopic (exact) mass is 463 g/mol. The van der Waals surface area contributed by atoms with Gasteiger partial charge in [0.1, 0.15) is 19.0 Å². The summed E-state index contributed by atoms with van der Waals surface area (Å²) >= 11 is 1.54. The summed E-state index contributed by atoms with van der Waals surface area (Å²) < 4.78 is 23.9. The molecule has 0 unspecified atom stereocenters. The number of fused-ring (bicyclic) bond motifs is 1. The lowest BCUT2D eigenvalue weighted by Crippen LogP contribution is -2.11. The molecule has 0 saturated carbocycles. The number of para-hydroxylation sites is 2. The third-order valence-corrected chi connectivity index (χ3v) is 5.77. The standard InChI is InChI=1S/C25H25N3O4S/c1-17-8-4-6-10-20(17)31-12-13-32-24-21(29-2)14-18(15-22(24)30-3)16-26-28-25-27-19-9-5-7-11-23(19)33-25/h4-11,14-16H,12-13H2,1-3H3,(H,27,28)/b26-16+. The topological polar surface area (TPSA) is 74.2 Å². The number of aryl methyl sites for hydroxylation is 1. The Morgan fingerprint density at radius 2 is 1.61 bits per heavy atom. The molecular formula is C25H25N3O4S. The summed E-state index contributed by atoms with van der Waals surface area (Å²) in [6.07, 6.45) is 1.68. The summed E-state index contributed by atoms with van der Waals surface area (Å²) in [6, 6.07) is 19.5. The van der Waals surface area contributed by atoms with Crippen molar-refractivity contribution in [3.63, 3.8) is 0 Å². The summed E-state index contributed by atoms with van der Waals surface area (Å²) in [5.74, 6) is 2.45. The van der Waals surface area contributed by atoms with Crippen molar-refractivity contribution in [2.45, 2.75) is 6.92 Å². The van der Waals surface area contributed by atoms with Gasteiger partial charge in [-0.25, -0.2) is 4.98 Å². The van der Waals surface area contributed by atoms with Crippen molar-refractivity contribution in [2.24, 2.45) is 5.10 Å². The maximum absolute atomic E-state index is 5.93. The summed E-state index contributed by atoms with van der Waals surface area (Å²) in [4.78, 5) is 4.51. The van der Waals surface area contributed by atoms with E-state index in [2.05, 4.69) is 15.5 Å². The SMILES string of the molecule is COc1cc(/C=N/Nc2nc3ccccc3s2)cc(OC)c1OCCOc1ccccc1C. The van der Waals surface area contributed by atoms with Crippen LogP contribution in [0.25, 0.3) is 10.2 Å². The number of methoxy groups -OCH3 is 2. The fourth-order valence-electron chi connectivity index (χ4n) is 3.21. The molecule has 0 atom stereocenters. The van der Waals surface area contributed by atoms with Crippen LogP contribution in [0.5, 0.6) is 23.0 Å². The van der Waals surface area contributed by atoms with Gasteiger partial charge in [0.2, 0.25) is 10.9 Å². The van der Waals surface area contributed by atoms with Gasteiger partial charge < -0.3 is 18.9 Å². The molecule has 1 N–H and O–H groups in total. The Morgan fingerprint density at radius 3 is 2.33 bits per heavy atom. The van der Waals surface area contributed by atoms with Crippen LogP contribution in [0.1, 0.15) is 11.1 Å². The van der Waals surface area contributed by atoms with Crippen molar-refractivity contribution in [2.75, 3.05) is 32.9 Å². The summed E-state index contributed by atoms with van der Waals surface area (Å²) in [6.45, 7) is 2.74. The first-order valence-corrected chi connectivity index (χ1v) is 11.2. The van der Waals surface area contributed by atoms with Crippen LogP contribution in [0.4, 0.5) is 5.13 Å². The second-order valence-corrected chi connectivity index (χ2v) is 8.10. The van der Waals surface area contributed by atoms with Gasteiger partial charge in [0.25, 0.3) is 0 Å². The zero-order valence-corrected chi connectivity index (χ0v) is 19.5. The summed E-state index contributed by atoms with van der Waals surface area (Å²) in [7, 11) is 3.18. The number of anilines is 1.